The van der Waals surface area contributed by atoms with E-state index in [1.807, 2.05) is 0 Å². The standard InChI is InChI=1S/C8H16N4OS/c1-3-4-6-8(14-12-11-6)7(10-9)5-13-2/h7,10H,3-5,9H2,1-2H3. The second-order valence-electron chi connectivity index (χ2n) is 3.01. The van der Waals surface area contributed by atoms with Gasteiger partial charge in [-0.2, -0.15) is 0 Å². The van der Waals surface area contributed by atoms with Crippen molar-refractivity contribution in [2.45, 2.75) is 25.8 Å². The van der Waals surface area contributed by atoms with Crippen LogP contribution in [-0.2, 0) is 11.2 Å². The second-order valence-corrected chi connectivity index (χ2v) is 3.79. The molecule has 0 aliphatic carbocycles. The number of nitrogens with zero attached hydrogens (tertiary/aromatic N) is 2. The number of aryl methyl sites for hydroxylation is 1. The third-order valence-electron chi connectivity index (χ3n) is 1.92. The maximum Gasteiger partial charge on any atom is 0.0821 e. The van der Waals surface area contributed by atoms with Crippen LogP contribution in [0.25, 0.3) is 0 Å². The number of rotatable bonds is 6. The van der Waals surface area contributed by atoms with Gasteiger partial charge >= 0.3 is 0 Å². The highest BCUT2D eigenvalue weighted by atomic mass is 32.1. The normalized spacial score (nSPS) is 13.1. The van der Waals surface area contributed by atoms with Crippen LogP contribution in [0.3, 0.4) is 0 Å². The Kier molecular flexibility index (Phi) is 4.95. The molecule has 1 heterocycles. The number of ether oxygens (including phenoxy) is 1. The van der Waals surface area contributed by atoms with Gasteiger partial charge in [-0.3, -0.25) is 5.84 Å². The van der Waals surface area contributed by atoms with Crippen LogP contribution >= 0.6 is 11.5 Å². The summed E-state index contributed by atoms with van der Waals surface area (Å²) in [6.07, 6.45) is 2.00. The van der Waals surface area contributed by atoms with Crippen molar-refractivity contribution in [3.8, 4) is 0 Å². The van der Waals surface area contributed by atoms with Gasteiger partial charge in [0.05, 0.1) is 23.2 Å². The van der Waals surface area contributed by atoms with Crippen LogP contribution in [0.4, 0.5) is 0 Å². The summed E-state index contributed by atoms with van der Waals surface area (Å²) in [5.74, 6) is 5.44. The van der Waals surface area contributed by atoms with E-state index < -0.39 is 0 Å². The Hall–Kier alpha value is -0.560. The molecule has 0 saturated carbocycles. The van der Waals surface area contributed by atoms with E-state index in [-0.39, 0.29) is 6.04 Å². The van der Waals surface area contributed by atoms with Crippen molar-refractivity contribution >= 4 is 11.5 Å². The lowest BCUT2D eigenvalue weighted by Crippen LogP contribution is -2.31. The average molecular weight is 216 g/mol. The van der Waals surface area contributed by atoms with Crippen molar-refractivity contribution in [1.82, 2.24) is 15.0 Å². The Labute approximate surface area is 87.8 Å². The van der Waals surface area contributed by atoms with Gasteiger partial charge < -0.3 is 4.74 Å². The lowest BCUT2D eigenvalue weighted by atomic mass is 10.1. The molecule has 0 amide bonds. The first kappa shape index (κ1) is 11.5. The van der Waals surface area contributed by atoms with Crippen LogP contribution in [0.1, 0.15) is 30.0 Å². The molecule has 0 radical (unpaired) electrons. The largest absolute Gasteiger partial charge is 0.383 e. The minimum absolute atomic E-state index is 0.00144. The molecule has 0 bridgehead atoms. The Bertz CT molecular complexity index is 266. The van der Waals surface area contributed by atoms with E-state index in [1.54, 1.807) is 7.11 Å². The number of hydrogen-bond acceptors (Lipinski definition) is 6. The average Bonchev–Trinajstić information content (AvgIpc) is 2.63. The number of aromatic nitrogens is 2. The van der Waals surface area contributed by atoms with Crippen molar-refractivity contribution in [3.05, 3.63) is 10.6 Å². The highest BCUT2D eigenvalue weighted by Gasteiger charge is 2.17. The first-order chi connectivity index (χ1) is 6.83. The number of methoxy groups -OCH3 is 1. The van der Waals surface area contributed by atoms with E-state index in [0.29, 0.717) is 6.61 Å². The Morgan fingerprint density at radius 1 is 1.64 bits per heavy atom. The maximum atomic E-state index is 5.44. The van der Waals surface area contributed by atoms with Crippen molar-refractivity contribution in [2.75, 3.05) is 13.7 Å². The van der Waals surface area contributed by atoms with E-state index in [4.69, 9.17) is 10.6 Å². The fourth-order valence-electron chi connectivity index (χ4n) is 1.26. The van der Waals surface area contributed by atoms with Gasteiger partial charge in [0.15, 0.2) is 0 Å². The van der Waals surface area contributed by atoms with Crippen molar-refractivity contribution in [2.24, 2.45) is 5.84 Å². The van der Waals surface area contributed by atoms with Gasteiger partial charge in [-0.15, -0.1) is 5.10 Å². The van der Waals surface area contributed by atoms with E-state index in [1.165, 1.54) is 11.5 Å². The summed E-state index contributed by atoms with van der Waals surface area (Å²) in [6, 6.07) is 0.00144. The topological polar surface area (TPSA) is 73.1 Å². The smallest absolute Gasteiger partial charge is 0.0821 e. The van der Waals surface area contributed by atoms with Crippen molar-refractivity contribution in [3.63, 3.8) is 0 Å². The van der Waals surface area contributed by atoms with Gasteiger partial charge in [0.1, 0.15) is 0 Å². The Morgan fingerprint density at radius 3 is 3.00 bits per heavy atom. The van der Waals surface area contributed by atoms with Gasteiger partial charge in [-0.25, -0.2) is 5.43 Å². The summed E-state index contributed by atoms with van der Waals surface area (Å²) in [6.45, 7) is 2.65. The minimum atomic E-state index is 0.00144. The summed E-state index contributed by atoms with van der Waals surface area (Å²) in [7, 11) is 1.65. The predicted molar refractivity (Wildman–Crippen MR) is 55.8 cm³/mol. The number of nitrogens with one attached hydrogen (secondary N) is 1. The molecule has 0 saturated heterocycles. The molecular weight excluding hydrogens is 200 g/mol. The first-order valence-corrected chi connectivity index (χ1v) is 5.37. The Morgan fingerprint density at radius 2 is 2.43 bits per heavy atom. The fourth-order valence-corrected chi connectivity index (χ4v) is 2.00. The third kappa shape index (κ3) is 2.71. The second kappa shape index (κ2) is 6.02. The molecule has 5 nitrogen and oxygen atoms in total. The molecular formula is C8H16N4OS. The van der Waals surface area contributed by atoms with E-state index in [2.05, 4.69) is 21.9 Å². The van der Waals surface area contributed by atoms with Crippen LogP contribution in [0.15, 0.2) is 0 Å². The molecule has 0 fully saturated rings. The zero-order valence-electron chi connectivity index (χ0n) is 8.49. The summed E-state index contributed by atoms with van der Waals surface area (Å²) < 4.78 is 8.99. The van der Waals surface area contributed by atoms with Crippen LogP contribution in [0.2, 0.25) is 0 Å². The van der Waals surface area contributed by atoms with Gasteiger partial charge in [0.25, 0.3) is 0 Å². The molecule has 80 valence electrons. The molecule has 1 atom stereocenters. The third-order valence-corrected chi connectivity index (χ3v) is 2.80. The predicted octanol–water partition coefficient (Wildman–Crippen LogP) is 0.641. The van der Waals surface area contributed by atoms with E-state index >= 15 is 0 Å². The fraction of sp³-hybridized carbons (Fsp3) is 0.750. The molecule has 0 spiro atoms. The molecule has 0 aliphatic heterocycles. The van der Waals surface area contributed by atoms with Crippen LogP contribution < -0.4 is 11.3 Å². The monoisotopic (exact) mass is 216 g/mol. The first-order valence-electron chi connectivity index (χ1n) is 4.59. The van der Waals surface area contributed by atoms with E-state index in [0.717, 1.165) is 23.4 Å². The summed E-state index contributed by atoms with van der Waals surface area (Å²) in [4.78, 5) is 1.08. The van der Waals surface area contributed by atoms with Crippen LogP contribution in [0, 0.1) is 0 Å². The highest BCUT2D eigenvalue weighted by molar-refractivity contribution is 7.05. The van der Waals surface area contributed by atoms with E-state index in [9.17, 15) is 0 Å². The van der Waals surface area contributed by atoms with Gasteiger partial charge in [-0.1, -0.05) is 17.8 Å². The van der Waals surface area contributed by atoms with Crippen LogP contribution in [0.5, 0.6) is 0 Å². The molecule has 1 aromatic heterocycles. The molecule has 1 rings (SSSR count). The van der Waals surface area contributed by atoms with Crippen molar-refractivity contribution in [1.29, 1.82) is 0 Å². The molecule has 1 aromatic rings. The summed E-state index contributed by atoms with van der Waals surface area (Å²) in [5.41, 5.74) is 3.74. The van der Waals surface area contributed by atoms with Crippen molar-refractivity contribution < 1.29 is 4.74 Å². The van der Waals surface area contributed by atoms with Gasteiger partial charge in [-0.05, 0) is 18.0 Å². The molecule has 1 unspecified atom stereocenters. The van der Waals surface area contributed by atoms with Gasteiger partial charge in [0, 0.05) is 7.11 Å². The Balaban J connectivity index is 2.74. The number of nitrogens with two attached hydrogens (primary N) is 1. The number of hydrogen-bond donors (Lipinski definition) is 2. The summed E-state index contributed by atoms with van der Waals surface area (Å²) in [5, 5.41) is 4.07. The van der Waals surface area contributed by atoms with Gasteiger partial charge in [0.2, 0.25) is 0 Å². The molecule has 3 N–H and O–H groups in total. The zero-order chi connectivity index (χ0) is 10.4. The lowest BCUT2D eigenvalue weighted by Gasteiger charge is -2.13. The number of hydrazine groups is 1. The van der Waals surface area contributed by atoms with Crippen LogP contribution in [-0.4, -0.2) is 23.3 Å². The maximum absolute atomic E-state index is 5.44. The molecule has 6 heteroatoms. The SMILES string of the molecule is CCCc1nnsc1C(COC)NN. The molecule has 0 aliphatic rings. The quantitative estimate of drug-likeness (QED) is 0.539. The minimum Gasteiger partial charge on any atom is -0.383 e. The lowest BCUT2D eigenvalue weighted by molar-refractivity contribution is 0.168. The zero-order valence-corrected chi connectivity index (χ0v) is 9.30. The molecule has 14 heavy (non-hydrogen) atoms. The highest BCUT2D eigenvalue weighted by Crippen LogP contribution is 2.20. The molecule has 0 aromatic carbocycles. The summed E-state index contributed by atoms with van der Waals surface area (Å²) >= 11 is 1.38.